The van der Waals surface area contributed by atoms with Crippen molar-refractivity contribution in [3.05, 3.63) is 0 Å². The van der Waals surface area contributed by atoms with Crippen molar-refractivity contribution in [2.24, 2.45) is 5.73 Å². The average Bonchev–Trinajstić information content (AvgIpc) is 1.61. The molecule has 0 atom stereocenters. The van der Waals surface area contributed by atoms with Crippen LogP contribution in [0.5, 0.6) is 0 Å². The van der Waals surface area contributed by atoms with Gasteiger partial charge < -0.3 is 15.9 Å². The Morgan fingerprint density at radius 1 is 1.67 bits per heavy atom. The Labute approximate surface area is 75.8 Å². The number of nitrogens with two attached hydrogens (primary N) is 1. The first-order valence-electron chi connectivity index (χ1n) is 1.91. The molecule has 50 valence electrons. The normalized spacial score (nSPS) is 8.78. The molecule has 3 nitrogen and oxygen atoms in total. The summed E-state index contributed by atoms with van der Waals surface area (Å²) < 4.78 is 0.234. The molecular formula is C3H7NO2S2Zn. The zero-order valence-electron chi connectivity index (χ0n) is 4.78. The van der Waals surface area contributed by atoms with Crippen LogP contribution in [0.1, 0.15) is 0 Å². The van der Waals surface area contributed by atoms with Crippen LogP contribution < -0.4 is 5.73 Å². The van der Waals surface area contributed by atoms with Crippen molar-refractivity contribution in [3.63, 3.8) is 0 Å². The molecule has 4 N–H and O–H groups in total. The SMILES string of the molecule is NC(=S)SCC(O)O.[Zn]. The number of thiocarbonyl (C=S) groups is 1. The Balaban J connectivity index is 0. The fourth-order valence-electron chi connectivity index (χ4n) is 0.157. The van der Waals surface area contributed by atoms with E-state index in [-0.39, 0.29) is 29.6 Å². The topological polar surface area (TPSA) is 66.5 Å². The maximum Gasteiger partial charge on any atom is 0.161 e. The van der Waals surface area contributed by atoms with Gasteiger partial charge in [-0.05, 0) is 0 Å². The molecule has 0 radical (unpaired) electrons. The minimum absolute atomic E-state index is 0. The second kappa shape index (κ2) is 6.90. The first kappa shape index (κ1) is 12.5. The fourth-order valence-corrected chi connectivity index (χ4v) is 0.674. The summed E-state index contributed by atoms with van der Waals surface area (Å²) in [5.74, 6) is 0.148. The van der Waals surface area contributed by atoms with E-state index in [0.29, 0.717) is 0 Å². The standard InChI is InChI=1S/C3H7NO2S2.Zn/c4-3(7)8-1-2(5)6;/h2,5-6H,1H2,(H2,4,7);. The van der Waals surface area contributed by atoms with E-state index >= 15 is 0 Å². The van der Waals surface area contributed by atoms with Gasteiger partial charge >= 0.3 is 0 Å². The van der Waals surface area contributed by atoms with Crippen molar-refractivity contribution in [1.29, 1.82) is 0 Å². The predicted octanol–water partition coefficient (Wildman–Crippen LogP) is -0.729. The van der Waals surface area contributed by atoms with Gasteiger partial charge in [0, 0.05) is 19.5 Å². The van der Waals surface area contributed by atoms with Gasteiger partial charge in [0.2, 0.25) is 0 Å². The molecule has 0 aliphatic heterocycles. The van der Waals surface area contributed by atoms with Crippen LogP contribution in [0.3, 0.4) is 0 Å². The van der Waals surface area contributed by atoms with Crippen molar-refractivity contribution in [3.8, 4) is 0 Å². The van der Waals surface area contributed by atoms with Crippen molar-refractivity contribution >= 4 is 28.3 Å². The zero-order valence-corrected chi connectivity index (χ0v) is 9.38. The van der Waals surface area contributed by atoms with Crippen LogP contribution in [0.2, 0.25) is 0 Å². The summed E-state index contributed by atoms with van der Waals surface area (Å²) >= 11 is 5.48. The minimum atomic E-state index is -1.32. The van der Waals surface area contributed by atoms with E-state index < -0.39 is 6.29 Å². The second-order valence-electron chi connectivity index (χ2n) is 1.11. The molecule has 0 bridgehead atoms. The molecule has 0 aromatic heterocycles. The zero-order chi connectivity index (χ0) is 6.57. The van der Waals surface area contributed by atoms with E-state index in [2.05, 4.69) is 12.2 Å². The number of hydrogen-bond acceptors (Lipinski definition) is 4. The fraction of sp³-hybridized carbons (Fsp3) is 0.667. The molecule has 0 saturated carbocycles. The van der Waals surface area contributed by atoms with E-state index in [1.54, 1.807) is 0 Å². The molecule has 0 rings (SSSR count). The monoisotopic (exact) mass is 217 g/mol. The molecule has 0 saturated heterocycles. The van der Waals surface area contributed by atoms with E-state index in [1.807, 2.05) is 0 Å². The van der Waals surface area contributed by atoms with Crippen LogP contribution in [-0.4, -0.2) is 26.6 Å². The molecule has 0 aliphatic rings. The van der Waals surface area contributed by atoms with E-state index in [0.717, 1.165) is 11.8 Å². The van der Waals surface area contributed by atoms with Crippen LogP contribution in [0.15, 0.2) is 0 Å². The molecule has 0 heterocycles. The van der Waals surface area contributed by atoms with Crippen LogP contribution in [0.4, 0.5) is 0 Å². The molecule has 0 fully saturated rings. The van der Waals surface area contributed by atoms with Crippen LogP contribution in [0.25, 0.3) is 0 Å². The van der Waals surface area contributed by atoms with Gasteiger partial charge in [0.05, 0.1) is 5.75 Å². The predicted molar refractivity (Wildman–Crippen MR) is 37.5 cm³/mol. The van der Waals surface area contributed by atoms with Crippen molar-refractivity contribution in [2.45, 2.75) is 6.29 Å². The van der Waals surface area contributed by atoms with Crippen LogP contribution in [0, 0.1) is 0 Å². The summed E-state index contributed by atoms with van der Waals surface area (Å²) in [6.07, 6.45) is -1.32. The number of hydrogen-bond donors (Lipinski definition) is 3. The minimum Gasteiger partial charge on any atom is -0.385 e. The maximum atomic E-state index is 8.22. The third-order valence-corrected chi connectivity index (χ3v) is 1.48. The van der Waals surface area contributed by atoms with Gasteiger partial charge in [-0.15, -0.1) is 0 Å². The Morgan fingerprint density at radius 2 is 2.11 bits per heavy atom. The van der Waals surface area contributed by atoms with Crippen molar-refractivity contribution in [2.75, 3.05) is 5.75 Å². The van der Waals surface area contributed by atoms with Crippen LogP contribution >= 0.6 is 24.0 Å². The molecule has 0 spiro atoms. The van der Waals surface area contributed by atoms with Gasteiger partial charge in [0.15, 0.2) is 6.29 Å². The largest absolute Gasteiger partial charge is 0.385 e. The summed E-state index contributed by atoms with van der Waals surface area (Å²) in [7, 11) is 0. The van der Waals surface area contributed by atoms with E-state index in [9.17, 15) is 0 Å². The Kier molecular flexibility index (Phi) is 9.55. The summed E-state index contributed by atoms with van der Waals surface area (Å²) in [4.78, 5) is 0. The molecule has 0 amide bonds. The van der Waals surface area contributed by atoms with E-state index in [4.69, 9.17) is 15.9 Å². The van der Waals surface area contributed by atoms with Crippen molar-refractivity contribution in [1.82, 2.24) is 0 Å². The van der Waals surface area contributed by atoms with Gasteiger partial charge in [0.1, 0.15) is 4.32 Å². The summed E-state index contributed by atoms with van der Waals surface area (Å²) in [6, 6.07) is 0. The summed E-state index contributed by atoms with van der Waals surface area (Å²) in [6.45, 7) is 0. The molecule has 6 heteroatoms. The smallest absolute Gasteiger partial charge is 0.161 e. The first-order chi connectivity index (χ1) is 3.63. The first-order valence-corrected chi connectivity index (χ1v) is 3.30. The Bertz CT molecular complexity index is 89.9. The van der Waals surface area contributed by atoms with Crippen molar-refractivity contribution < 1.29 is 29.7 Å². The quantitative estimate of drug-likeness (QED) is 0.324. The van der Waals surface area contributed by atoms with E-state index in [1.165, 1.54) is 0 Å². The molecule has 0 aliphatic carbocycles. The van der Waals surface area contributed by atoms with Gasteiger partial charge in [-0.3, -0.25) is 0 Å². The number of aliphatic hydroxyl groups is 2. The average molecular weight is 219 g/mol. The Hall–Kier alpha value is 0.783. The van der Waals surface area contributed by atoms with Gasteiger partial charge in [-0.25, -0.2) is 0 Å². The molecule has 0 aromatic carbocycles. The van der Waals surface area contributed by atoms with Gasteiger partial charge in [0.25, 0.3) is 0 Å². The second-order valence-corrected chi connectivity index (χ2v) is 2.87. The number of thioether (sulfide) groups is 1. The summed E-state index contributed by atoms with van der Waals surface area (Å²) in [5.41, 5.74) is 5.01. The van der Waals surface area contributed by atoms with Crippen LogP contribution in [-0.2, 0) is 19.5 Å². The molecule has 9 heavy (non-hydrogen) atoms. The molecular weight excluding hydrogens is 212 g/mol. The third kappa shape index (κ3) is 12.1. The molecule has 0 unspecified atom stereocenters. The summed E-state index contributed by atoms with van der Waals surface area (Å²) in [5, 5.41) is 16.4. The number of aliphatic hydroxyl groups excluding tert-OH is 1. The number of rotatable bonds is 2. The third-order valence-electron chi connectivity index (χ3n) is 0.375. The van der Waals surface area contributed by atoms with Gasteiger partial charge in [-0.1, -0.05) is 24.0 Å². The van der Waals surface area contributed by atoms with Gasteiger partial charge in [-0.2, -0.15) is 0 Å². The molecule has 0 aromatic rings. The maximum absolute atomic E-state index is 8.22. The Morgan fingerprint density at radius 3 is 2.22 bits per heavy atom.